The van der Waals surface area contributed by atoms with E-state index in [4.69, 9.17) is 0 Å². The average molecular weight is 342 g/mol. The molecule has 0 aliphatic carbocycles. The summed E-state index contributed by atoms with van der Waals surface area (Å²) < 4.78 is 3.17. The Morgan fingerprint density at radius 1 is 1.37 bits per heavy atom. The number of hydrogen-bond donors (Lipinski definition) is 0. The molecule has 104 valence electrons. The Morgan fingerprint density at radius 2 is 2.16 bits per heavy atom. The molecule has 0 N–H and O–H groups in total. The first-order valence-electron chi connectivity index (χ1n) is 6.60. The van der Waals surface area contributed by atoms with Crippen LogP contribution in [0.3, 0.4) is 0 Å². The second-order valence-corrected chi connectivity index (χ2v) is 6.39. The highest BCUT2D eigenvalue weighted by atomic mass is 79.9. The quantitative estimate of drug-likeness (QED) is 0.796. The topological polar surface area (TPSA) is 21.1 Å². The molecule has 0 fully saturated rings. The van der Waals surface area contributed by atoms with E-state index < -0.39 is 0 Å². The molecule has 0 bridgehead atoms. The molecule has 0 spiro atoms. The van der Waals surface area contributed by atoms with Gasteiger partial charge in [0.2, 0.25) is 0 Å². The molecule has 0 atom stereocenters. The van der Waals surface area contributed by atoms with E-state index in [-0.39, 0.29) is 0 Å². The maximum Gasteiger partial charge on any atom is 0.0767 e. The van der Waals surface area contributed by atoms with Gasteiger partial charge in [-0.05, 0) is 40.3 Å². The Bertz CT molecular complexity index is 519. The number of aromatic nitrogens is 2. The van der Waals surface area contributed by atoms with E-state index in [9.17, 15) is 0 Å². The standard InChI is InChI=1S/C14H20BrN3S/c1-4-12-14(15)13(17(3)16-12)10-18(5-2)9-11-7-6-8-19-11/h6-8H,4-5,9-10H2,1-3H3. The third-order valence-corrected chi connectivity index (χ3v) is 5.06. The smallest absolute Gasteiger partial charge is 0.0767 e. The first-order chi connectivity index (χ1) is 9.15. The Kier molecular flexibility index (Phi) is 5.19. The molecule has 3 nitrogen and oxygen atoms in total. The third kappa shape index (κ3) is 3.46. The molecule has 0 aromatic carbocycles. The van der Waals surface area contributed by atoms with Crippen molar-refractivity contribution in [3.63, 3.8) is 0 Å². The minimum atomic E-state index is 0.929. The summed E-state index contributed by atoms with van der Waals surface area (Å²) in [4.78, 5) is 3.85. The summed E-state index contributed by atoms with van der Waals surface area (Å²) in [5.74, 6) is 0. The SMILES string of the molecule is CCc1nn(C)c(CN(CC)Cc2cccs2)c1Br. The van der Waals surface area contributed by atoms with Gasteiger partial charge in [0.25, 0.3) is 0 Å². The zero-order valence-electron chi connectivity index (χ0n) is 11.7. The molecule has 2 heterocycles. The van der Waals surface area contributed by atoms with Gasteiger partial charge in [0.15, 0.2) is 0 Å². The van der Waals surface area contributed by atoms with E-state index in [1.165, 1.54) is 15.0 Å². The molecule has 0 unspecified atom stereocenters. The van der Waals surface area contributed by atoms with Crippen molar-refractivity contribution in [2.75, 3.05) is 6.54 Å². The minimum Gasteiger partial charge on any atom is -0.293 e. The van der Waals surface area contributed by atoms with Gasteiger partial charge in [-0.25, -0.2) is 0 Å². The van der Waals surface area contributed by atoms with Crippen LogP contribution in [-0.2, 0) is 26.6 Å². The second-order valence-electron chi connectivity index (χ2n) is 4.57. The number of thiophene rings is 1. The largest absolute Gasteiger partial charge is 0.293 e. The Balaban J connectivity index is 2.12. The fourth-order valence-corrected chi connectivity index (χ4v) is 3.59. The zero-order chi connectivity index (χ0) is 13.8. The molecule has 0 amide bonds. The van der Waals surface area contributed by atoms with E-state index in [1.54, 1.807) is 0 Å². The first kappa shape index (κ1) is 14.8. The summed E-state index contributed by atoms with van der Waals surface area (Å²) in [5, 5.41) is 6.70. The van der Waals surface area contributed by atoms with Gasteiger partial charge in [0.1, 0.15) is 0 Å². The highest BCUT2D eigenvalue weighted by molar-refractivity contribution is 9.10. The highest BCUT2D eigenvalue weighted by Gasteiger charge is 2.15. The van der Waals surface area contributed by atoms with Crippen molar-refractivity contribution >= 4 is 27.3 Å². The summed E-state index contributed by atoms with van der Waals surface area (Å²) in [6.45, 7) is 7.32. The Morgan fingerprint density at radius 3 is 2.68 bits per heavy atom. The lowest BCUT2D eigenvalue weighted by Crippen LogP contribution is -2.23. The van der Waals surface area contributed by atoms with Gasteiger partial charge in [0.05, 0.1) is 15.9 Å². The predicted octanol–water partition coefficient (Wildman–Crippen LogP) is 3.83. The van der Waals surface area contributed by atoms with Gasteiger partial charge in [-0.2, -0.15) is 5.10 Å². The molecular formula is C14H20BrN3S. The van der Waals surface area contributed by atoms with E-state index in [2.05, 4.69) is 57.3 Å². The van der Waals surface area contributed by atoms with Gasteiger partial charge < -0.3 is 0 Å². The van der Waals surface area contributed by atoms with Gasteiger partial charge in [-0.1, -0.05) is 19.9 Å². The fraction of sp³-hybridized carbons (Fsp3) is 0.500. The first-order valence-corrected chi connectivity index (χ1v) is 8.27. The summed E-state index contributed by atoms with van der Waals surface area (Å²) >= 11 is 5.51. The van der Waals surface area contributed by atoms with Gasteiger partial charge in [-0.3, -0.25) is 9.58 Å². The number of rotatable bonds is 6. The summed E-state index contributed by atoms with van der Waals surface area (Å²) in [6.07, 6.45) is 0.964. The van der Waals surface area contributed by atoms with Crippen molar-refractivity contribution in [1.29, 1.82) is 0 Å². The van der Waals surface area contributed by atoms with E-state index in [1.807, 2.05) is 23.1 Å². The van der Waals surface area contributed by atoms with Gasteiger partial charge >= 0.3 is 0 Å². The van der Waals surface area contributed by atoms with Crippen molar-refractivity contribution in [2.45, 2.75) is 33.4 Å². The molecule has 0 aliphatic heterocycles. The number of aryl methyl sites for hydroxylation is 2. The van der Waals surface area contributed by atoms with Crippen molar-refractivity contribution in [2.24, 2.45) is 7.05 Å². The average Bonchev–Trinajstić information content (AvgIpc) is 3.00. The lowest BCUT2D eigenvalue weighted by molar-refractivity contribution is 0.266. The normalized spacial score (nSPS) is 11.4. The fourth-order valence-electron chi connectivity index (χ4n) is 2.11. The van der Waals surface area contributed by atoms with E-state index in [0.29, 0.717) is 0 Å². The van der Waals surface area contributed by atoms with Crippen LogP contribution in [0.5, 0.6) is 0 Å². The van der Waals surface area contributed by atoms with Crippen LogP contribution in [0.25, 0.3) is 0 Å². The molecule has 2 aromatic heterocycles. The van der Waals surface area contributed by atoms with Crippen molar-refractivity contribution < 1.29 is 0 Å². The summed E-state index contributed by atoms with van der Waals surface area (Å²) in [6, 6.07) is 4.31. The molecule has 0 saturated carbocycles. The maximum atomic E-state index is 4.56. The molecular weight excluding hydrogens is 322 g/mol. The Hall–Kier alpha value is -0.650. The molecule has 5 heteroatoms. The number of halogens is 1. The molecule has 2 rings (SSSR count). The van der Waals surface area contributed by atoms with Crippen molar-refractivity contribution in [3.05, 3.63) is 38.3 Å². The molecule has 0 saturated heterocycles. The van der Waals surface area contributed by atoms with E-state index in [0.717, 1.165) is 31.7 Å². The molecule has 19 heavy (non-hydrogen) atoms. The molecule has 0 aliphatic rings. The summed E-state index contributed by atoms with van der Waals surface area (Å²) in [5.41, 5.74) is 2.40. The van der Waals surface area contributed by atoms with Crippen LogP contribution < -0.4 is 0 Å². The zero-order valence-corrected chi connectivity index (χ0v) is 14.1. The van der Waals surface area contributed by atoms with Crippen LogP contribution in [0.1, 0.15) is 30.1 Å². The van der Waals surface area contributed by atoms with Crippen LogP contribution in [-0.4, -0.2) is 21.2 Å². The van der Waals surface area contributed by atoms with E-state index >= 15 is 0 Å². The lowest BCUT2D eigenvalue weighted by atomic mass is 10.3. The van der Waals surface area contributed by atoms with Crippen molar-refractivity contribution in [3.8, 4) is 0 Å². The highest BCUT2D eigenvalue weighted by Crippen LogP contribution is 2.23. The van der Waals surface area contributed by atoms with Gasteiger partial charge in [-0.15, -0.1) is 11.3 Å². The van der Waals surface area contributed by atoms with Crippen LogP contribution >= 0.6 is 27.3 Å². The van der Waals surface area contributed by atoms with Crippen molar-refractivity contribution in [1.82, 2.24) is 14.7 Å². The monoisotopic (exact) mass is 341 g/mol. The number of nitrogens with zero attached hydrogens (tertiary/aromatic N) is 3. The second kappa shape index (κ2) is 6.68. The molecule has 2 aromatic rings. The third-order valence-electron chi connectivity index (χ3n) is 3.28. The maximum absolute atomic E-state index is 4.56. The van der Waals surface area contributed by atoms with Crippen LogP contribution in [0.2, 0.25) is 0 Å². The number of hydrogen-bond acceptors (Lipinski definition) is 3. The minimum absolute atomic E-state index is 0.929. The Labute approximate surface area is 127 Å². The van der Waals surface area contributed by atoms with Gasteiger partial charge in [0, 0.05) is 25.0 Å². The van der Waals surface area contributed by atoms with Crippen LogP contribution in [0, 0.1) is 0 Å². The molecule has 0 radical (unpaired) electrons. The predicted molar refractivity (Wildman–Crippen MR) is 84.4 cm³/mol. The summed E-state index contributed by atoms with van der Waals surface area (Å²) in [7, 11) is 2.03. The lowest BCUT2D eigenvalue weighted by Gasteiger charge is -2.19. The van der Waals surface area contributed by atoms with Crippen LogP contribution in [0.15, 0.2) is 22.0 Å². The van der Waals surface area contributed by atoms with Crippen LogP contribution in [0.4, 0.5) is 0 Å².